The number of pyridine rings is 1. The first-order chi connectivity index (χ1) is 14.8. The van der Waals surface area contributed by atoms with Gasteiger partial charge in [-0.1, -0.05) is 12.1 Å². The van der Waals surface area contributed by atoms with Crippen LogP contribution in [0.3, 0.4) is 0 Å². The Morgan fingerprint density at radius 1 is 1.13 bits per heavy atom. The summed E-state index contributed by atoms with van der Waals surface area (Å²) in [5.41, 5.74) is 4.26. The fourth-order valence-electron chi connectivity index (χ4n) is 3.76. The minimum absolute atomic E-state index is 0.0165. The third kappa shape index (κ3) is 3.97. The van der Waals surface area contributed by atoms with Crippen molar-refractivity contribution < 1.29 is 14.3 Å². The van der Waals surface area contributed by atoms with E-state index in [0.29, 0.717) is 24.7 Å². The van der Waals surface area contributed by atoms with E-state index in [2.05, 4.69) is 21.5 Å². The van der Waals surface area contributed by atoms with Gasteiger partial charge in [-0.2, -0.15) is 4.98 Å². The topological polar surface area (TPSA) is 88.8 Å². The maximum Gasteiger partial charge on any atom is 0.410 e. The van der Waals surface area contributed by atoms with E-state index in [1.165, 1.54) is 0 Å². The molecule has 5 rings (SSSR count). The molecule has 2 aromatic heterocycles. The predicted octanol–water partition coefficient (Wildman–Crippen LogP) is 4.00. The quantitative estimate of drug-likeness (QED) is 0.693. The molecule has 1 saturated carbocycles. The molecule has 31 heavy (non-hydrogen) atoms. The summed E-state index contributed by atoms with van der Waals surface area (Å²) in [5.74, 6) is 0.398. The molecular weight excluding hydrogens is 394 g/mol. The Labute approximate surface area is 180 Å². The number of nitrogens with one attached hydrogen (secondary N) is 1. The van der Waals surface area contributed by atoms with Crippen LogP contribution in [0.1, 0.15) is 44.7 Å². The number of ether oxygens (including phenoxy) is 1. The number of carbonyl (C=O) groups excluding carboxylic acids is 2. The number of carbonyl (C=O) groups is 2. The third-order valence-corrected chi connectivity index (χ3v) is 5.44. The first kappa shape index (κ1) is 19.5. The summed E-state index contributed by atoms with van der Waals surface area (Å²) in [6.45, 7) is 6.65. The molecule has 0 atom stereocenters. The van der Waals surface area contributed by atoms with Crippen molar-refractivity contribution in [1.29, 1.82) is 0 Å². The van der Waals surface area contributed by atoms with Crippen LogP contribution in [-0.4, -0.2) is 37.1 Å². The van der Waals surface area contributed by atoms with Crippen molar-refractivity contribution in [2.75, 3.05) is 5.32 Å². The highest BCUT2D eigenvalue weighted by Crippen LogP contribution is 2.32. The molecule has 0 bridgehead atoms. The number of rotatable bonds is 3. The number of nitrogens with zero attached hydrogens (tertiary/aromatic N) is 4. The van der Waals surface area contributed by atoms with Gasteiger partial charge in [-0.3, -0.25) is 15.0 Å². The molecule has 2 amide bonds. The Bertz CT molecular complexity index is 1190. The van der Waals surface area contributed by atoms with Gasteiger partial charge in [0, 0.05) is 30.8 Å². The molecule has 1 aromatic carbocycles. The number of anilines is 1. The maximum atomic E-state index is 12.4. The molecule has 0 saturated heterocycles. The average Bonchev–Trinajstić information content (AvgIpc) is 3.33. The van der Waals surface area contributed by atoms with E-state index >= 15 is 0 Å². The molecule has 1 aliphatic heterocycles. The molecule has 160 valence electrons. The summed E-state index contributed by atoms with van der Waals surface area (Å²) < 4.78 is 7.19. The van der Waals surface area contributed by atoms with Gasteiger partial charge < -0.3 is 4.74 Å². The van der Waals surface area contributed by atoms with Crippen molar-refractivity contribution in [3.8, 4) is 11.1 Å². The lowest BCUT2D eigenvalue weighted by Gasteiger charge is -2.24. The van der Waals surface area contributed by atoms with Gasteiger partial charge in [0.1, 0.15) is 5.60 Å². The number of aromatic nitrogens is 3. The van der Waals surface area contributed by atoms with Crippen LogP contribution in [0.25, 0.3) is 16.8 Å². The monoisotopic (exact) mass is 419 g/mol. The van der Waals surface area contributed by atoms with E-state index in [1.807, 2.05) is 51.2 Å². The van der Waals surface area contributed by atoms with Gasteiger partial charge in [-0.05, 0) is 68.5 Å². The lowest BCUT2D eigenvalue weighted by molar-refractivity contribution is -0.117. The van der Waals surface area contributed by atoms with Gasteiger partial charge in [0.2, 0.25) is 11.9 Å². The largest absolute Gasteiger partial charge is 0.444 e. The Morgan fingerprint density at radius 3 is 2.65 bits per heavy atom. The van der Waals surface area contributed by atoms with Crippen LogP contribution in [-0.2, 0) is 22.6 Å². The first-order valence-electron chi connectivity index (χ1n) is 10.5. The van der Waals surface area contributed by atoms with Crippen LogP contribution >= 0.6 is 0 Å². The second-order valence-electron chi connectivity index (χ2n) is 9.21. The first-order valence-corrected chi connectivity index (χ1v) is 10.5. The average molecular weight is 419 g/mol. The molecule has 1 fully saturated rings. The van der Waals surface area contributed by atoms with E-state index in [0.717, 1.165) is 35.1 Å². The summed E-state index contributed by atoms with van der Waals surface area (Å²) in [6.07, 6.45) is 3.37. The lowest BCUT2D eigenvalue weighted by Crippen LogP contribution is -2.33. The molecule has 1 aliphatic carbocycles. The number of amides is 2. The van der Waals surface area contributed by atoms with E-state index < -0.39 is 5.60 Å². The Hall–Kier alpha value is -3.42. The zero-order valence-electron chi connectivity index (χ0n) is 17.9. The molecule has 8 nitrogen and oxygen atoms in total. The Balaban J connectivity index is 1.41. The van der Waals surface area contributed by atoms with Gasteiger partial charge in [-0.25, -0.2) is 9.31 Å². The Kier molecular flexibility index (Phi) is 4.46. The smallest absolute Gasteiger partial charge is 0.410 e. The van der Waals surface area contributed by atoms with Gasteiger partial charge >= 0.3 is 6.09 Å². The summed E-state index contributed by atoms with van der Waals surface area (Å²) >= 11 is 0. The SMILES string of the molecule is CC(C)(C)OC(=O)N1Cc2ccc(-c3cccn4nc(NC(=O)C5CC5)nc34)cc2C1. The molecule has 0 unspecified atom stereocenters. The molecule has 3 aromatic rings. The lowest BCUT2D eigenvalue weighted by atomic mass is 10.0. The second-order valence-corrected chi connectivity index (χ2v) is 9.21. The molecule has 0 radical (unpaired) electrons. The highest BCUT2D eigenvalue weighted by atomic mass is 16.6. The fourth-order valence-corrected chi connectivity index (χ4v) is 3.76. The summed E-state index contributed by atoms with van der Waals surface area (Å²) in [7, 11) is 0. The van der Waals surface area contributed by atoms with Crippen molar-refractivity contribution in [3.63, 3.8) is 0 Å². The second kappa shape index (κ2) is 7.08. The number of hydrogen-bond donors (Lipinski definition) is 1. The van der Waals surface area contributed by atoms with Gasteiger partial charge in [0.05, 0.1) is 0 Å². The molecule has 3 heterocycles. The third-order valence-electron chi connectivity index (χ3n) is 5.44. The van der Waals surface area contributed by atoms with Crippen LogP contribution < -0.4 is 5.32 Å². The predicted molar refractivity (Wildman–Crippen MR) is 115 cm³/mol. The normalized spacial score (nSPS) is 15.8. The number of fused-ring (bicyclic) bond motifs is 2. The molecule has 1 N–H and O–H groups in total. The van der Waals surface area contributed by atoms with Gasteiger partial charge in [0.25, 0.3) is 0 Å². The highest BCUT2D eigenvalue weighted by Gasteiger charge is 2.31. The van der Waals surface area contributed by atoms with E-state index in [-0.39, 0.29) is 17.9 Å². The van der Waals surface area contributed by atoms with E-state index in [1.54, 1.807) is 9.42 Å². The van der Waals surface area contributed by atoms with Crippen molar-refractivity contribution >= 4 is 23.6 Å². The van der Waals surface area contributed by atoms with Crippen molar-refractivity contribution in [2.24, 2.45) is 5.92 Å². The van der Waals surface area contributed by atoms with E-state index in [4.69, 9.17) is 4.74 Å². The maximum absolute atomic E-state index is 12.4. The number of benzene rings is 1. The Morgan fingerprint density at radius 2 is 1.90 bits per heavy atom. The highest BCUT2D eigenvalue weighted by molar-refractivity contribution is 5.93. The minimum atomic E-state index is -0.521. The molecule has 0 spiro atoms. The zero-order chi connectivity index (χ0) is 21.8. The van der Waals surface area contributed by atoms with Crippen LogP contribution in [0.2, 0.25) is 0 Å². The van der Waals surface area contributed by atoms with Crippen LogP contribution in [0.15, 0.2) is 36.5 Å². The van der Waals surface area contributed by atoms with Gasteiger partial charge in [0.15, 0.2) is 5.65 Å². The van der Waals surface area contributed by atoms with E-state index in [9.17, 15) is 9.59 Å². The number of hydrogen-bond acceptors (Lipinski definition) is 5. The fraction of sp³-hybridized carbons (Fsp3) is 0.391. The summed E-state index contributed by atoms with van der Waals surface area (Å²) in [5, 5.41) is 7.21. The summed E-state index contributed by atoms with van der Waals surface area (Å²) in [4.78, 5) is 30.8. The van der Waals surface area contributed by atoms with Crippen molar-refractivity contribution in [3.05, 3.63) is 47.7 Å². The van der Waals surface area contributed by atoms with Gasteiger partial charge in [-0.15, -0.1) is 5.10 Å². The van der Waals surface area contributed by atoms with Crippen LogP contribution in [0, 0.1) is 5.92 Å². The standard InChI is InChI=1S/C23H25N5O3/c1-23(2,3)31-22(30)27-12-16-9-8-15(11-17(16)13-27)18-5-4-10-28-19(18)24-21(26-28)25-20(29)14-6-7-14/h4-5,8-11,14H,6-7,12-13H2,1-3H3,(H,25,26,29). The van der Waals surface area contributed by atoms with Crippen LogP contribution in [0.4, 0.5) is 10.7 Å². The van der Waals surface area contributed by atoms with Crippen molar-refractivity contribution in [2.45, 2.75) is 52.3 Å². The molecule has 8 heteroatoms. The van der Waals surface area contributed by atoms with Crippen molar-refractivity contribution in [1.82, 2.24) is 19.5 Å². The summed E-state index contributed by atoms with van der Waals surface area (Å²) in [6, 6.07) is 10.1. The minimum Gasteiger partial charge on any atom is -0.444 e. The molecular formula is C23H25N5O3. The molecule has 2 aliphatic rings. The van der Waals surface area contributed by atoms with Crippen LogP contribution in [0.5, 0.6) is 0 Å². The zero-order valence-corrected chi connectivity index (χ0v) is 17.9.